The maximum Gasteiger partial charge on any atom is 0.260 e. The molecule has 7 heteroatoms. The highest BCUT2D eigenvalue weighted by Gasteiger charge is 2.25. The van der Waals surface area contributed by atoms with Crippen molar-refractivity contribution in [2.24, 2.45) is 5.92 Å². The number of aromatic nitrogens is 2. The second kappa shape index (κ2) is 7.35. The van der Waals surface area contributed by atoms with Gasteiger partial charge in [0.1, 0.15) is 4.83 Å². The van der Waals surface area contributed by atoms with Crippen LogP contribution in [0.2, 0.25) is 0 Å². The van der Waals surface area contributed by atoms with E-state index >= 15 is 0 Å². The number of nitrogens with one attached hydrogen (secondary N) is 1. The molecule has 0 unspecified atom stereocenters. The standard InChI is InChI=1S/C19H25N3O2S2/c1-11-6-7-13-14(9-11)26-18-16(13)17(24)20-19(21-18)25-10-15(23)22-8-4-3-5-12(22)2/h11-12H,3-10H2,1-2H3,(H,20,21,24)/t11-,12+/m1/s1. The Morgan fingerprint density at radius 2 is 2.19 bits per heavy atom. The molecule has 0 saturated carbocycles. The largest absolute Gasteiger partial charge is 0.339 e. The molecule has 140 valence electrons. The Bertz CT molecular complexity index is 889. The van der Waals surface area contributed by atoms with Crippen molar-refractivity contribution in [3.05, 3.63) is 20.8 Å². The molecular weight excluding hydrogens is 366 g/mol. The molecule has 0 radical (unpaired) electrons. The quantitative estimate of drug-likeness (QED) is 0.641. The number of H-pyrrole nitrogens is 1. The second-order valence-corrected chi connectivity index (χ2v) is 9.67. The summed E-state index contributed by atoms with van der Waals surface area (Å²) in [5.74, 6) is 1.15. The van der Waals surface area contributed by atoms with Gasteiger partial charge in [0.15, 0.2) is 5.16 Å². The number of carbonyl (C=O) groups excluding carboxylic acids is 1. The van der Waals surface area contributed by atoms with Crippen molar-refractivity contribution in [3.8, 4) is 0 Å². The normalized spacial score (nSPS) is 23.2. The van der Waals surface area contributed by atoms with Crippen LogP contribution in [0.5, 0.6) is 0 Å². The summed E-state index contributed by atoms with van der Waals surface area (Å²) in [7, 11) is 0. The van der Waals surface area contributed by atoms with Gasteiger partial charge < -0.3 is 9.88 Å². The number of hydrogen-bond donors (Lipinski definition) is 1. The number of thioether (sulfide) groups is 1. The zero-order chi connectivity index (χ0) is 18.3. The van der Waals surface area contributed by atoms with Gasteiger partial charge in [0.2, 0.25) is 5.91 Å². The lowest BCUT2D eigenvalue weighted by Gasteiger charge is -2.33. The molecule has 2 atom stereocenters. The predicted molar refractivity (Wildman–Crippen MR) is 107 cm³/mol. The smallest absolute Gasteiger partial charge is 0.260 e. The molecule has 1 saturated heterocycles. The summed E-state index contributed by atoms with van der Waals surface area (Å²) in [6, 6.07) is 0.317. The maximum absolute atomic E-state index is 12.6. The maximum atomic E-state index is 12.6. The van der Waals surface area contributed by atoms with E-state index in [9.17, 15) is 9.59 Å². The SMILES string of the molecule is C[C@@H]1CCc2c(sc3nc(SCC(=O)N4CCCC[C@@H]4C)[nH]c(=O)c23)C1. The first-order chi connectivity index (χ1) is 12.5. The van der Waals surface area contributed by atoms with Crippen LogP contribution in [-0.4, -0.2) is 39.1 Å². The van der Waals surface area contributed by atoms with E-state index in [0.29, 0.717) is 22.9 Å². The molecule has 1 aliphatic heterocycles. The number of hydrogen-bond acceptors (Lipinski definition) is 5. The Morgan fingerprint density at radius 1 is 1.35 bits per heavy atom. The fourth-order valence-electron chi connectivity index (χ4n) is 4.08. The first-order valence-electron chi connectivity index (χ1n) is 9.49. The molecule has 4 rings (SSSR count). The van der Waals surface area contributed by atoms with E-state index in [1.165, 1.54) is 28.6 Å². The minimum Gasteiger partial charge on any atom is -0.339 e. The molecular formula is C19H25N3O2S2. The monoisotopic (exact) mass is 391 g/mol. The summed E-state index contributed by atoms with van der Waals surface area (Å²) >= 11 is 3.00. The van der Waals surface area contributed by atoms with Gasteiger partial charge >= 0.3 is 0 Å². The van der Waals surface area contributed by atoms with E-state index in [-0.39, 0.29) is 11.5 Å². The van der Waals surface area contributed by atoms with Crippen LogP contribution in [0.15, 0.2) is 9.95 Å². The van der Waals surface area contributed by atoms with E-state index in [0.717, 1.165) is 48.9 Å². The van der Waals surface area contributed by atoms with E-state index < -0.39 is 0 Å². The summed E-state index contributed by atoms with van der Waals surface area (Å²) in [5.41, 5.74) is 1.15. The average molecular weight is 392 g/mol. The summed E-state index contributed by atoms with van der Waals surface area (Å²) in [6.45, 7) is 5.23. The highest BCUT2D eigenvalue weighted by Crippen LogP contribution is 2.36. The lowest BCUT2D eigenvalue weighted by molar-refractivity contribution is -0.131. The molecule has 2 aromatic heterocycles. The van der Waals surface area contributed by atoms with Crippen molar-refractivity contribution in [1.29, 1.82) is 0 Å². The topological polar surface area (TPSA) is 66.1 Å². The molecule has 26 heavy (non-hydrogen) atoms. The number of nitrogens with zero attached hydrogens (tertiary/aromatic N) is 2. The minimum absolute atomic E-state index is 0.0525. The number of likely N-dealkylation sites (tertiary alicyclic amines) is 1. The average Bonchev–Trinajstić information content (AvgIpc) is 2.97. The van der Waals surface area contributed by atoms with Gasteiger partial charge in [-0.1, -0.05) is 18.7 Å². The number of carbonyl (C=O) groups is 1. The third-order valence-corrected chi connectivity index (χ3v) is 7.61. The lowest BCUT2D eigenvalue weighted by atomic mass is 9.89. The summed E-state index contributed by atoms with van der Waals surface area (Å²) in [5, 5.41) is 1.34. The van der Waals surface area contributed by atoms with Crippen LogP contribution < -0.4 is 5.56 Å². The first-order valence-corrected chi connectivity index (χ1v) is 11.3. The molecule has 0 bridgehead atoms. The van der Waals surface area contributed by atoms with Gasteiger partial charge in [-0.25, -0.2) is 4.98 Å². The van der Waals surface area contributed by atoms with E-state index in [1.807, 2.05) is 4.90 Å². The van der Waals surface area contributed by atoms with Crippen LogP contribution in [0.25, 0.3) is 10.2 Å². The Hall–Kier alpha value is -1.34. The number of aromatic amines is 1. The molecule has 0 aromatic carbocycles. The summed E-state index contributed by atoms with van der Waals surface area (Å²) < 4.78 is 0. The highest BCUT2D eigenvalue weighted by atomic mass is 32.2. The Labute approximate surface area is 161 Å². The Balaban J connectivity index is 1.52. The molecule has 5 nitrogen and oxygen atoms in total. The highest BCUT2D eigenvalue weighted by molar-refractivity contribution is 7.99. The van der Waals surface area contributed by atoms with Crippen LogP contribution in [0.3, 0.4) is 0 Å². The van der Waals surface area contributed by atoms with E-state index in [1.54, 1.807) is 11.3 Å². The van der Waals surface area contributed by atoms with Gasteiger partial charge in [0.05, 0.1) is 11.1 Å². The number of rotatable bonds is 3. The number of amides is 1. The van der Waals surface area contributed by atoms with Crippen molar-refractivity contribution in [2.75, 3.05) is 12.3 Å². The van der Waals surface area contributed by atoms with Gasteiger partial charge in [-0.05, 0) is 56.9 Å². The molecule has 2 aromatic rings. The van der Waals surface area contributed by atoms with E-state index in [2.05, 4.69) is 23.8 Å². The molecule has 2 aliphatic rings. The van der Waals surface area contributed by atoms with Crippen molar-refractivity contribution < 1.29 is 4.79 Å². The molecule has 1 aliphatic carbocycles. The summed E-state index contributed by atoms with van der Waals surface area (Å²) in [4.78, 5) is 36.8. The van der Waals surface area contributed by atoms with Gasteiger partial charge in [-0.15, -0.1) is 11.3 Å². The number of aryl methyl sites for hydroxylation is 1. The molecule has 1 fully saturated rings. The third kappa shape index (κ3) is 3.43. The zero-order valence-electron chi connectivity index (χ0n) is 15.3. The minimum atomic E-state index is -0.0525. The van der Waals surface area contributed by atoms with Gasteiger partial charge in [0.25, 0.3) is 5.56 Å². The van der Waals surface area contributed by atoms with Crippen molar-refractivity contribution in [3.63, 3.8) is 0 Å². The molecule has 1 N–H and O–H groups in total. The number of piperidine rings is 1. The zero-order valence-corrected chi connectivity index (χ0v) is 17.0. The molecule has 0 spiro atoms. The van der Waals surface area contributed by atoms with Crippen LogP contribution in [0.1, 0.15) is 50.0 Å². The first kappa shape index (κ1) is 18.0. The van der Waals surface area contributed by atoms with Crippen LogP contribution >= 0.6 is 23.1 Å². The van der Waals surface area contributed by atoms with Crippen LogP contribution in [0.4, 0.5) is 0 Å². The number of thiophene rings is 1. The van der Waals surface area contributed by atoms with Crippen molar-refractivity contribution in [1.82, 2.24) is 14.9 Å². The number of fused-ring (bicyclic) bond motifs is 3. The third-order valence-electron chi connectivity index (χ3n) is 5.60. The lowest BCUT2D eigenvalue weighted by Crippen LogP contribution is -2.43. The van der Waals surface area contributed by atoms with Crippen LogP contribution in [-0.2, 0) is 17.6 Å². The molecule has 1 amide bonds. The fraction of sp³-hybridized carbons (Fsp3) is 0.632. The van der Waals surface area contributed by atoms with Crippen molar-refractivity contribution >= 4 is 39.2 Å². The second-order valence-electron chi connectivity index (χ2n) is 7.62. The molecule has 3 heterocycles. The Kier molecular flexibility index (Phi) is 5.10. The van der Waals surface area contributed by atoms with Crippen LogP contribution in [0, 0.1) is 5.92 Å². The Morgan fingerprint density at radius 3 is 3.00 bits per heavy atom. The fourth-order valence-corrected chi connectivity index (χ4v) is 6.27. The summed E-state index contributed by atoms with van der Waals surface area (Å²) in [6.07, 6.45) is 6.52. The predicted octanol–water partition coefficient (Wildman–Crippen LogP) is 3.60. The van der Waals surface area contributed by atoms with E-state index in [4.69, 9.17) is 0 Å². The van der Waals surface area contributed by atoms with Gasteiger partial charge in [-0.3, -0.25) is 9.59 Å². The van der Waals surface area contributed by atoms with Gasteiger partial charge in [-0.2, -0.15) is 0 Å². The van der Waals surface area contributed by atoms with Crippen molar-refractivity contribution in [2.45, 2.75) is 63.6 Å². The van der Waals surface area contributed by atoms with Gasteiger partial charge in [0, 0.05) is 17.5 Å².